The van der Waals surface area contributed by atoms with Crippen molar-refractivity contribution >= 4 is 11.8 Å². The van der Waals surface area contributed by atoms with Gasteiger partial charge in [-0.05, 0) is 25.3 Å². The van der Waals surface area contributed by atoms with Crippen molar-refractivity contribution in [2.24, 2.45) is 0 Å². The second kappa shape index (κ2) is 4.32. The van der Waals surface area contributed by atoms with E-state index >= 15 is 0 Å². The number of benzene rings is 1. The average molecular weight is 232 g/mol. The number of Topliss-reactive ketones (excluding diaryl/α,β-unsaturated/α-hetero) is 1. The summed E-state index contributed by atoms with van der Waals surface area (Å²) in [6.07, 6.45) is 1.77. The van der Waals surface area contributed by atoms with Crippen LogP contribution in [0, 0.1) is 6.92 Å². The summed E-state index contributed by atoms with van der Waals surface area (Å²) in [5, 5.41) is 0. The van der Waals surface area contributed by atoms with Crippen LogP contribution in [-0.4, -0.2) is 18.9 Å². The number of methoxy groups -OCH3 is 1. The van der Waals surface area contributed by atoms with Gasteiger partial charge in [0.1, 0.15) is 0 Å². The molecule has 0 radical (unpaired) electrons. The molecule has 0 saturated heterocycles. The summed E-state index contributed by atoms with van der Waals surface area (Å²) in [5.41, 5.74) is 0.819. The Hall–Kier alpha value is -1.64. The summed E-state index contributed by atoms with van der Waals surface area (Å²) < 4.78 is 4.83. The molecule has 0 N–H and O–H groups in total. The summed E-state index contributed by atoms with van der Waals surface area (Å²) in [7, 11) is 1.34. The first kappa shape index (κ1) is 11.8. The molecular formula is C14H16O3. The van der Waals surface area contributed by atoms with Crippen molar-refractivity contribution in [3.8, 4) is 0 Å². The molecule has 1 saturated carbocycles. The first-order valence-corrected chi connectivity index (χ1v) is 5.80. The van der Waals surface area contributed by atoms with E-state index in [-0.39, 0.29) is 5.78 Å². The molecule has 0 heterocycles. The number of carbonyl (C=O) groups excluding carboxylic acids is 2. The minimum Gasteiger partial charge on any atom is -0.468 e. The standard InChI is InChI=1S/C14H16O3/c1-10-5-7-11(8-6-10)14(13(16)17-2)9-3-4-12(14)15/h5-8H,3-4,9H2,1-2H3/t14-/m0/s1. The lowest BCUT2D eigenvalue weighted by molar-refractivity contribution is -0.150. The van der Waals surface area contributed by atoms with Crippen molar-refractivity contribution in [2.45, 2.75) is 31.6 Å². The van der Waals surface area contributed by atoms with Crippen molar-refractivity contribution in [3.63, 3.8) is 0 Å². The lowest BCUT2D eigenvalue weighted by atomic mass is 9.78. The van der Waals surface area contributed by atoms with Gasteiger partial charge in [-0.3, -0.25) is 9.59 Å². The van der Waals surface area contributed by atoms with E-state index in [0.29, 0.717) is 12.8 Å². The average Bonchev–Trinajstić information content (AvgIpc) is 2.72. The van der Waals surface area contributed by atoms with Gasteiger partial charge in [0.15, 0.2) is 11.2 Å². The van der Waals surface area contributed by atoms with Crippen LogP contribution >= 0.6 is 0 Å². The van der Waals surface area contributed by atoms with E-state index in [1.54, 1.807) is 0 Å². The molecule has 2 rings (SSSR count). The molecular weight excluding hydrogens is 216 g/mol. The Kier molecular flexibility index (Phi) is 3.01. The molecule has 1 aliphatic carbocycles. The predicted molar refractivity (Wildman–Crippen MR) is 63.7 cm³/mol. The van der Waals surface area contributed by atoms with E-state index in [0.717, 1.165) is 17.5 Å². The zero-order chi connectivity index (χ0) is 12.5. The van der Waals surface area contributed by atoms with Crippen LogP contribution in [0.1, 0.15) is 30.4 Å². The summed E-state index contributed by atoms with van der Waals surface area (Å²) >= 11 is 0. The number of aryl methyl sites for hydroxylation is 1. The first-order chi connectivity index (χ1) is 8.11. The van der Waals surface area contributed by atoms with E-state index in [4.69, 9.17) is 4.74 Å². The maximum absolute atomic E-state index is 12.1. The van der Waals surface area contributed by atoms with E-state index in [1.807, 2.05) is 31.2 Å². The number of ketones is 1. The van der Waals surface area contributed by atoms with Crippen molar-refractivity contribution in [1.82, 2.24) is 0 Å². The van der Waals surface area contributed by atoms with Gasteiger partial charge in [0.05, 0.1) is 7.11 Å². The molecule has 0 aromatic heterocycles. The smallest absolute Gasteiger partial charge is 0.323 e. The largest absolute Gasteiger partial charge is 0.468 e. The summed E-state index contributed by atoms with van der Waals surface area (Å²) in [6, 6.07) is 7.56. The molecule has 0 unspecified atom stereocenters. The van der Waals surface area contributed by atoms with E-state index in [1.165, 1.54) is 7.11 Å². The predicted octanol–water partition coefficient (Wildman–Crippen LogP) is 2.16. The highest BCUT2D eigenvalue weighted by Crippen LogP contribution is 2.39. The third-order valence-electron chi connectivity index (χ3n) is 3.51. The molecule has 1 aromatic carbocycles. The molecule has 0 amide bonds. The maximum atomic E-state index is 12.1. The molecule has 17 heavy (non-hydrogen) atoms. The second-order valence-corrected chi connectivity index (χ2v) is 4.54. The SMILES string of the molecule is COC(=O)[C@]1(c2ccc(C)cc2)CCCC1=O. The van der Waals surface area contributed by atoms with Gasteiger partial charge in [-0.25, -0.2) is 0 Å². The van der Waals surface area contributed by atoms with Crippen molar-refractivity contribution in [2.75, 3.05) is 7.11 Å². The third-order valence-corrected chi connectivity index (χ3v) is 3.51. The topological polar surface area (TPSA) is 43.4 Å². The van der Waals surface area contributed by atoms with Crippen molar-refractivity contribution in [3.05, 3.63) is 35.4 Å². The fraction of sp³-hybridized carbons (Fsp3) is 0.429. The normalized spacial score (nSPS) is 23.8. The molecule has 1 fully saturated rings. The molecule has 1 aliphatic rings. The van der Waals surface area contributed by atoms with Crippen LogP contribution in [0.5, 0.6) is 0 Å². The Balaban J connectivity index is 2.51. The minimum atomic E-state index is -1.05. The number of ether oxygens (including phenoxy) is 1. The monoisotopic (exact) mass is 232 g/mol. The fourth-order valence-corrected chi connectivity index (χ4v) is 2.52. The van der Waals surface area contributed by atoms with Gasteiger partial charge in [-0.15, -0.1) is 0 Å². The number of hydrogen-bond donors (Lipinski definition) is 0. The first-order valence-electron chi connectivity index (χ1n) is 5.80. The van der Waals surface area contributed by atoms with E-state index in [9.17, 15) is 9.59 Å². The van der Waals surface area contributed by atoms with Gasteiger partial charge in [-0.1, -0.05) is 29.8 Å². The van der Waals surface area contributed by atoms with Crippen LogP contribution in [0.4, 0.5) is 0 Å². The Bertz CT molecular complexity index is 447. The number of esters is 1. The number of carbonyl (C=O) groups is 2. The highest BCUT2D eigenvalue weighted by Gasteiger charge is 2.50. The summed E-state index contributed by atoms with van der Waals surface area (Å²) in [6.45, 7) is 1.98. The van der Waals surface area contributed by atoms with Crippen molar-refractivity contribution in [1.29, 1.82) is 0 Å². The lowest BCUT2D eigenvalue weighted by Gasteiger charge is -2.24. The van der Waals surface area contributed by atoms with Gasteiger partial charge < -0.3 is 4.74 Å². The summed E-state index contributed by atoms with van der Waals surface area (Å²) in [4.78, 5) is 24.1. The Morgan fingerprint density at radius 2 is 1.94 bits per heavy atom. The van der Waals surface area contributed by atoms with Crippen LogP contribution in [0.2, 0.25) is 0 Å². The highest BCUT2D eigenvalue weighted by atomic mass is 16.5. The molecule has 0 aliphatic heterocycles. The second-order valence-electron chi connectivity index (χ2n) is 4.54. The van der Waals surface area contributed by atoms with Gasteiger partial charge in [-0.2, -0.15) is 0 Å². The van der Waals surface area contributed by atoms with E-state index < -0.39 is 11.4 Å². The van der Waals surface area contributed by atoms with Crippen LogP contribution in [0.25, 0.3) is 0 Å². The molecule has 3 nitrogen and oxygen atoms in total. The van der Waals surface area contributed by atoms with Gasteiger partial charge in [0, 0.05) is 6.42 Å². The van der Waals surface area contributed by atoms with E-state index in [2.05, 4.69) is 0 Å². The van der Waals surface area contributed by atoms with Gasteiger partial charge >= 0.3 is 5.97 Å². The highest BCUT2D eigenvalue weighted by molar-refractivity contribution is 6.11. The van der Waals surface area contributed by atoms with Crippen LogP contribution in [0.3, 0.4) is 0 Å². The van der Waals surface area contributed by atoms with Gasteiger partial charge in [0.25, 0.3) is 0 Å². The van der Waals surface area contributed by atoms with Crippen LogP contribution < -0.4 is 0 Å². The molecule has 0 bridgehead atoms. The maximum Gasteiger partial charge on any atom is 0.323 e. The Labute approximate surface area is 101 Å². The van der Waals surface area contributed by atoms with Crippen molar-refractivity contribution < 1.29 is 14.3 Å². The van der Waals surface area contributed by atoms with Crippen LogP contribution in [-0.2, 0) is 19.7 Å². The van der Waals surface area contributed by atoms with Gasteiger partial charge in [0.2, 0.25) is 0 Å². The molecule has 3 heteroatoms. The quantitative estimate of drug-likeness (QED) is 0.579. The lowest BCUT2D eigenvalue weighted by Crippen LogP contribution is -2.40. The zero-order valence-electron chi connectivity index (χ0n) is 10.2. The number of rotatable bonds is 2. The van der Waals surface area contributed by atoms with Crippen LogP contribution in [0.15, 0.2) is 24.3 Å². The number of hydrogen-bond acceptors (Lipinski definition) is 3. The Morgan fingerprint density at radius 1 is 1.29 bits per heavy atom. The molecule has 1 atom stereocenters. The molecule has 90 valence electrons. The molecule has 1 aromatic rings. The fourth-order valence-electron chi connectivity index (χ4n) is 2.52. The Morgan fingerprint density at radius 3 is 2.41 bits per heavy atom. The third kappa shape index (κ3) is 1.75. The zero-order valence-corrected chi connectivity index (χ0v) is 10.2. The summed E-state index contributed by atoms with van der Waals surface area (Å²) in [5.74, 6) is -0.447. The molecule has 0 spiro atoms. The minimum absolute atomic E-state index is 0.0202.